The molecule has 0 aliphatic carbocycles. The molecule has 0 radical (unpaired) electrons. The van der Waals surface area contributed by atoms with E-state index < -0.39 is 11.6 Å². The quantitative estimate of drug-likeness (QED) is 0.669. The number of halogens is 1. The molecule has 0 unspecified atom stereocenters. The van der Waals surface area contributed by atoms with Crippen LogP contribution in [0, 0.1) is 0 Å². The molecule has 1 N–H and O–H groups in total. The highest BCUT2D eigenvalue weighted by Gasteiger charge is 2.18. The largest absolute Gasteiger partial charge is 0.392 e. The second kappa shape index (κ2) is 5.49. The van der Waals surface area contributed by atoms with Gasteiger partial charge in [0.2, 0.25) is 0 Å². The van der Waals surface area contributed by atoms with Crippen molar-refractivity contribution in [2.45, 2.75) is 33.0 Å². The van der Waals surface area contributed by atoms with E-state index in [0.717, 1.165) is 0 Å². The molecule has 0 saturated heterocycles. The molecule has 94 valence electrons. The van der Waals surface area contributed by atoms with E-state index in [9.17, 15) is 4.79 Å². The minimum Gasteiger partial charge on any atom is -0.392 e. The van der Waals surface area contributed by atoms with Gasteiger partial charge in [0.15, 0.2) is 0 Å². The second-order valence-corrected chi connectivity index (χ2v) is 4.95. The average molecular weight is 259 g/mol. The van der Waals surface area contributed by atoms with E-state index in [-0.39, 0.29) is 17.2 Å². The van der Waals surface area contributed by atoms with Crippen molar-refractivity contribution < 1.29 is 19.7 Å². The predicted octanol–water partition coefficient (Wildman–Crippen LogP) is 2.72. The van der Waals surface area contributed by atoms with E-state index in [1.54, 1.807) is 26.8 Å². The van der Waals surface area contributed by atoms with Crippen molar-refractivity contribution >= 4 is 17.6 Å². The number of hydrogen-bond donors (Lipinski definition) is 1. The van der Waals surface area contributed by atoms with Crippen LogP contribution in [-0.4, -0.2) is 16.7 Å². The van der Waals surface area contributed by atoms with Crippen LogP contribution in [-0.2, 0) is 16.4 Å². The zero-order valence-electron chi connectivity index (χ0n) is 9.99. The summed E-state index contributed by atoms with van der Waals surface area (Å²) >= 11 is 5.89. The first kappa shape index (κ1) is 14.0. The number of hydrogen-bond acceptors (Lipinski definition) is 4. The fourth-order valence-corrected chi connectivity index (χ4v) is 1.31. The SMILES string of the molecule is CC(C)(C)OOC(=O)c1ccc(CO)cc1Cl. The van der Waals surface area contributed by atoms with E-state index in [2.05, 4.69) is 4.89 Å². The Balaban J connectivity index is 2.76. The van der Waals surface area contributed by atoms with Gasteiger partial charge < -0.3 is 5.11 Å². The molecule has 0 aliphatic heterocycles. The van der Waals surface area contributed by atoms with Gasteiger partial charge in [-0.05, 0) is 38.5 Å². The van der Waals surface area contributed by atoms with E-state index in [4.69, 9.17) is 21.6 Å². The lowest BCUT2D eigenvalue weighted by atomic mass is 10.1. The third-order valence-corrected chi connectivity index (χ3v) is 2.12. The third-order valence-electron chi connectivity index (χ3n) is 1.80. The Morgan fingerprint density at radius 2 is 2.06 bits per heavy atom. The first-order valence-electron chi connectivity index (χ1n) is 5.13. The summed E-state index contributed by atoms with van der Waals surface area (Å²) in [6.45, 7) is 5.15. The minimum atomic E-state index is -0.658. The monoisotopic (exact) mass is 258 g/mol. The Morgan fingerprint density at radius 3 is 2.53 bits per heavy atom. The number of carbonyl (C=O) groups excluding carboxylic acids is 1. The van der Waals surface area contributed by atoms with E-state index in [1.807, 2.05) is 0 Å². The molecule has 0 spiro atoms. The molecule has 4 nitrogen and oxygen atoms in total. The molecule has 0 aliphatic rings. The van der Waals surface area contributed by atoms with Crippen LogP contribution in [0.4, 0.5) is 0 Å². The van der Waals surface area contributed by atoms with Gasteiger partial charge in [-0.1, -0.05) is 17.7 Å². The highest BCUT2D eigenvalue weighted by atomic mass is 35.5. The summed E-state index contributed by atoms with van der Waals surface area (Å²) in [4.78, 5) is 21.2. The predicted molar refractivity (Wildman–Crippen MR) is 63.6 cm³/mol. The third kappa shape index (κ3) is 4.34. The van der Waals surface area contributed by atoms with E-state index in [1.165, 1.54) is 12.1 Å². The summed E-state index contributed by atoms with van der Waals surface area (Å²) in [6, 6.07) is 4.59. The van der Waals surface area contributed by atoms with Crippen molar-refractivity contribution in [2.24, 2.45) is 0 Å². The van der Waals surface area contributed by atoms with Gasteiger partial charge in [0.25, 0.3) is 0 Å². The Bertz CT molecular complexity index is 409. The van der Waals surface area contributed by atoms with Crippen molar-refractivity contribution in [3.8, 4) is 0 Å². The number of benzene rings is 1. The molecule has 1 aromatic rings. The maximum absolute atomic E-state index is 11.6. The molecule has 0 saturated carbocycles. The molecular weight excluding hydrogens is 244 g/mol. The molecule has 17 heavy (non-hydrogen) atoms. The highest BCUT2D eigenvalue weighted by molar-refractivity contribution is 6.33. The standard InChI is InChI=1S/C12H15ClO4/c1-12(2,3)17-16-11(15)9-5-4-8(7-14)6-10(9)13/h4-6,14H,7H2,1-3H3. The number of carbonyl (C=O) groups is 1. The minimum absolute atomic E-state index is 0.131. The van der Waals surface area contributed by atoms with Gasteiger partial charge in [-0.2, -0.15) is 4.89 Å². The van der Waals surface area contributed by atoms with Crippen LogP contribution in [0.5, 0.6) is 0 Å². The van der Waals surface area contributed by atoms with Crippen molar-refractivity contribution in [3.05, 3.63) is 34.3 Å². The van der Waals surface area contributed by atoms with Gasteiger partial charge in [-0.25, -0.2) is 4.79 Å². The summed E-state index contributed by atoms with van der Waals surface area (Å²) in [5, 5.41) is 9.12. The van der Waals surface area contributed by atoms with Crippen molar-refractivity contribution in [2.75, 3.05) is 0 Å². The summed E-state index contributed by atoms with van der Waals surface area (Å²) in [7, 11) is 0. The molecule has 0 fully saturated rings. The van der Waals surface area contributed by atoms with Crippen molar-refractivity contribution in [1.82, 2.24) is 0 Å². The fourth-order valence-electron chi connectivity index (χ4n) is 1.03. The summed E-state index contributed by atoms with van der Waals surface area (Å²) in [5.41, 5.74) is 0.254. The Kier molecular flexibility index (Phi) is 4.51. The van der Waals surface area contributed by atoms with E-state index in [0.29, 0.717) is 5.56 Å². The van der Waals surface area contributed by atoms with Crippen LogP contribution in [0.1, 0.15) is 36.7 Å². The molecular formula is C12H15ClO4. The fraction of sp³-hybridized carbons (Fsp3) is 0.417. The lowest BCUT2D eigenvalue weighted by Crippen LogP contribution is -2.22. The molecule has 0 heterocycles. The van der Waals surface area contributed by atoms with Crippen LogP contribution in [0.15, 0.2) is 18.2 Å². The molecule has 0 amide bonds. The van der Waals surface area contributed by atoms with Gasteiger partial charge in [-0.3, -0.25) is 4.89 Å². The average Bonchev–Trinajstić information content (AvgIpc) is 2.24. The first-order chi connectivity index (χ1) is 7.83. The normalized spacial score (nSPS) is 11.4. The summed E-state index contributed by atoms with van der Waals surface area (Å²) < 4.78 is 0. The van der Waals surface area contributed by atoms with Crippen molar-refractivity contribution in [1.29, 1.82) is 0 Å². The molecule has 0 atom stereocenters. The molecule has 1 rings (SSSR count). The maximum Gasteiger partial charge on any atom is 0.374 e. The number of aliphatic hydroxyl groups is 1. The van der Waals surface area contributed by atoms with Crippen LogP contribution < -0.4 is 0 Å². The van der Waals surface area contributed by atoms with Crippen LogP contribution in [0.3, 0.4) is 0 Å². The zero-order chi connectivity index (χ0) is 13.1. The molecule has 0 bridgehead atoms. The first-order valence-corrected chi connectivity index (χ1v) is 5.50. The van der Waals surface area contributed by atoms with Crippen LogP contribution in [0.2, 0.25) is 5.02 Å². The zero-order valence-corrected chi connectivity index (χ0v) is 10.7. The molecule has 1 aromatic carbocycles. The van der Waals surface area contributed by atoms with Gasteiger partial charge in [0.05, 0.1) is 17.2 Å². The van der Waals surface area contributed by atoms with Gasteiger partial charge in [-0.15, -0.1) is 0 Å². The van der Waals surface area contributed by atoms with E-state index >= 15 is 0 Å². The summed E-state index contributed by atoms with van der Waals surface area (Å²) in [5.74, 6) is -0.658. The van der Waals surface area contributed by atoms with Crippen LogP contribution >= 0.6 is 11.6 Å². The molecule has 5 heteroatoms. The van der Waals surface area contributed by atoms with Crippen molar-refractivity contribution in [3.63, 3.8) is 0 Å². The Morgan fingerprint density at radius 1 is 1.41 bits per heavy atom. The Labute approximate surface area is 105 Å². The van der Waals surface area contributed by atoms with Gasteiger partial charge in [0, 0.05) is 0 Å². The smallest absolute Gasteiger partial charge is 0.374 e. The number of aliphatic hydroxyl groups excluding tert-OH is 1. The van der Waals surface area contributed by atoms with Gasteiger partial charge in [0.1, 0.15) is 5.60 Å². The molecule has 0 aromatic heterocycles. The lowest BCUT2D eigenvalue weighted by Gasteiger charge is -2.16. The van der Waals surface area contributed by atoms with Crippen LogP contribution in [0.25, 0.3) is 0 Å². The second-order valence-electron chi connectivity index (χ2n) is 4.54. The highest BCUT2D eigenvalue weighted by Crippen LogP contribution is 2.20. The number of rotatable bonds is 3. The lowest BCUT2D eigenvalue weighted by molar-refractivity contribution is -0.301. The summed E-state index contributed by atoms with van der Waals surface area (Å²) in [6.07, 6.45) is 0. The Hall–Kier alpha value is -1.10. The van der Waals surface area contributed by atoms with Gasteiger partial charge >= 0.3 is 5.97 Å². The topological polar surface area (TPSA) is 55.8 Å². The maximum atomic E-state index is 11.6.